The fourth-order valence-corrected chi connectivity index (χ4v) is 2.00. The predicted octanol–water partition coefficient (Wildman–Crippen LogP) is 0.844. The van der Waals surface area contributed by atoms with Gasteiger partial charge in [-0.05, 0) is 26.0 Å². The lowest BCUT2D eigenvalue weighted by Crippen LogP contribution is -2.40. The Balaban J connectivity index is 1.92. The van der Waals surface area contributed by atoms with Crippen LogP contribution in [0.1, 0.15) is 20.3 Å². The van der Waals surface area contributed by atoms with Crippen LogP contribution in [0.5, 0.6) is 5.75 Å². The summed E-state index contributed by atoms with van der Waals surface area (Å²) in [5, 5.41) is 5.21. The highest BCUT2D eigenvalue weighted by Crippen LogP contribution is 2.29. The van der Waals surface area contributed by atoms with Crippen molar-refractivity contribution >= 4 is 23.5 Å². The lowest BCUT2D eigenvalue weighted by atomic mass is 10.1. The summed E-state index contributed by atoms with van der Waals surface area (Å²) >= 11 is 0. The Bertz CT molecular complexity index is 587. The normalized spacial score (nSPS) is 17.5. The molecule has 1 aromatic rings. The molecule has 22 heavy (non-hydrogen) atoms. The van der Waals surface area contributed by atoms with Crippen LogP contribution in [0.3, 0.4) is 0 Å². The van der Waals surface area contributed by atoms with Crippen molar-refractivity contribution in [3.05, 3.63) is 24.3 Å². The van der Waals surface area contributed by atoms with E-state index in [1.165, 1.54) is 6.92 Å². The number of carbonyl (C=O) groups is 3. The fraction of sp³-hybridized carbons (Fsp3) is 0.400. The van der Waals surface area contributed by atoms with Gasteiger partial charge in [0.2, 0.25) is 0 Å². The summed E-state index contributed by atoms with van der Waals surface area (Å²) in [7, 11) is 0. The van der Waals surface area contributed by atoms with Crippen LogP contribution < -0.4 is 15.4 Å². The van der Waals surface area contributed by atoms with Crippen molar-refractivity contribution in [3.8, 4) is 5.75 Å². The van der Waals surface area contributed by atoms with Crippen molar-refractivity contribution < 1.29 is 23.9 Å². The quantitative estimate of drug-likeness (QED) is 0.786. The Morgan fingerprint density at radius 2 is 2.14 bits per heavy atom. The molecule has 2 amide bonds. The Kier molecular flexibility index (Phi) is 4.98. The molecule has 1 aromatic carbocycles. The molecule has 2 atom stereocenters. The largest absolute Gasteiger partial charge is 0.478 e. The summed E-state index contributed by atoms with van der Waals surface area (Å²) in [5.41, 5.74) is 0.563. The van der Waals surface area contributed by atoms with Crippen LogP contribution in [0.2, 0.25) is 0 Å². The zero-order valence-electron chi connectivity index (χ0n) is 12.4. The second-order valence-electron chi connectivity index (χ2n) is 4.82. The molecule has 1 aliphatic rings. The van der Waals surface area contributed by atoms with Gasteiger partial charge < -0.3 is 20.1 Å². The number of hydrogen-bond donors (Lipinski definition) is 2. The Hall–Kier alpha value is -2.57. The zero-order chi connectivity index (χ0) is 16.1. The highest BCUT2D eigenvalue weighted by atomic mass is 16.6. The Morgan fingerprint density at radius 3 is 2.86 bits per heavy atom. The number of esters is 1. The molecule has 0 unspecified atom stereocenters. The van der Waals surface area contributed by atoms with Gasteiger partial charge >= 0.3 is 5.97 Å². The molecule has 2 N–H and O–H groups in total. The lowest BCUT2D eigenvalue weighted by Gasteiger charge is -2.25. The maximum atomic E-state index is 11.9. The van der Waals surface area contributed by atoms with E-state index in [1.807, 2.05) is 0 Å². The second-order valence-corrected chi connectivity index (χ2v) is 4.82. The van der Waals surface area contributed by atoms with Crippen molar-refractivity contribution in [2.75, 3.05) is 11.9 Å². The molecular weight excluding hydrogens is 288 g/mol. The van der Waals surface area contributed by atoms with E-state index in [9.17, 15) is 14.4 Å². The lowest BCUT2D eigenvalue weighted by molar-refractivity contribution is -0.157. The smallest absolute Gasteiger partial charge is 0.310 e. The molecule has 7 nitrogen and oxygen atoms in total. The summed E-state index contributed by atoms with van der Waals surface area (Å²) < 4.78 is 10.5. The van der Waals surface area contributed by atoms with E-state index in [1.54, 1.807) is 31.2 Å². The van der Waals surface area contributed by atoms with Crippen LogP contribution in [0.25, 0.3) is 0 Å². The topological polar surface area (TPSA) is 93.7 Å². The van der Waals surface area contributed by atoms with Gasteiger partial charge in [-0.15, -0.1) is 0 Å². The minimum atomic E-state index is -0.969. The molecule has 0 radical (unpaired) electrons. The van der Waals surface area contributed by atoms with E-state index < -0.39 is 24.1 Å². The van der Waals surface area contributed by atoms with Crippen molar-refractivity contribution in [2.45, 2.75) is 32.5 Å². The average Bonchev–Trinajstić information content (AvgIpc) is 2.48. The van der Waals surface area contributed by atoms with Crippen LogP contribution >= 0.6 is 0 Å². The molecule has 0 spiro atoms. The van der Waals surface area contributed by atoms with Crippen molar-refractivity contribution in [1.29, 1.82) is 0 Å². The van der Waals surface area contributed by atoms with Gasteiger partial charge in [-0.25, -0.2) is 0 Å². The number of rotatable bonds is 5. The van der Waals surface area contributed by atoms with E-state index in [-0.39, 0.29) is 12.3 Å². The number of nitrogens with one attached hydrogen (secondary N) is 2. The van der Waals surface area contributed by atoms with Gasteiger partial charge in [-0.3, -0.25) is 14.4 Å². The van der Waals surface area contributed by atoms with Crippen molar-refractivity contribution in [3.63, 3.8) is 0 Å². The van der Waals surface area contributed by atoms with E-state index in [4.69, 9.17) is 9.47 Å². The number of ether oxygens (including phenoxy) is 2. The van der Waals surface area contributed by atoms with Gasteiger partial charge in [0.25, 0.3) is 11.8 Å². The Labute approximate surface area is 128 Å². The molecule has 1 heterocycles. The van der Waals surface area contributed by atoms with Crippen molar-refractivity contribution in [1.82, 2.24) is 5.32 Å². The highest BCUT2D eigenvalue weighted by Gasteiger charge is 2.31. The Morgan fingerprint density at radius 1 is 1.41 bits per heavy atom. The third-order valence-corrected chi connectivity index (χ3v) is 3.09. The number of carbonyl (C=O) groups excluding carboxylic acids is 3. The molecule has 0 aromatic heterocycles. The third kappa shape index (κ3) is 3.75. The summed E-state index contributed by atoms with van der Waals surface area (Å²) in [6, 6.07) is 6.94. The average molecular weight is 306 g/mol. The van der Waals surface area contributed by atoms with Gasteiger partial charge in [0.15, 0.2) is 12.2 Å². The number of benzene rings is 1. The summed E-state index contributed by atoms with van der Waals surface area (Å²) in [6.45, 7) is 3.69. The molecule has 0 saturated heterocycles. The molecule has 118 valence electrons. The number of hydrogen-bond acceptors (Lipinski definition) is 5. The van der Waals surface area contributed by atoms with Crippen LogP contribution in [0, 0.1) is 0 Å². The van der Waals surface area contributed by atoms with E-state index >= 15 is 0 Å². The molecule has 0 bridgehead atoms. The number of fused-ring (bicyclic) bond motifs is 1. The first kappa shape index (κ1) is 15.8. The first-order valence-electron chi connectivity index (χ1n) is 7.05. The van der Waals surface area contributed by atoms with Crippen LogP contribution in [0.15, 0.2) is 24.3 Å². The standard InChI is InChI=1S/C15H18N2O5/c1-3-16-14(19)9(2)21-13(18)8-12-15(20)17-10-6-4-5-7-11(10)22-12/h4-7,9,12H,3,8H2,1-2H3,(H,16,19)(H,17,20)/t9-,12-/m1/s1. The molecular formula is C15H18N2O5. The zero-order valence-corrected chi connectivity index (χ0v) is 12.4. The van der Waals surface area contributed by atoms with Gasteiger partial charge in [0, 0.05) is 6.54 Å². The number of amides is 2. The maximum absolute atomic E-state index is 11.9. The maximum Gasteiger partial charge on any atom is 0.310 e. The summed E-state index contributed by atoms with van der Waals surface area (Å²) in [6.07, 6.45) is -2.14. The molecule has 7 heteroatoms. The number of para-hydroxylation sites is 2. The van der Waals surface area contributed by atoms with Gasteiger partial charge in [0.05, 0.1) is 12.1 Å². The van der Waals surface area contributed by atoms with E-state index in [0.29, 0.717) is 18.0 Å². The second kappa shape index (κ2) is 6.93. The first-order valence-corrected chi connectivity index (χ1v) is 7.05. The summed E-state index contributed by atoms with van der Waals surface area (Å²) in [5.74, 6) is -0.966. The van der Waals surface area contributed by atoms with E-state index in [0.717, 1.165) is 0 Å². The minimum Gasteiger partial charge on any atom is -0.478 e. The third-order valence-electron chi connectivity index (χ3n) is 3.09. The van der Waals surface area contributed by atoms with Gasteiger partial charge in [-0.1, -0.05) is 12.1 Å². The van der Waals surface area contributed by atoms with E-state index in [2.05, 4.69) is 10.6 Å². The van der Waals surface area contributed by atoms with Gasteiger partial charge in [-0.2, -0.15) is 0 Å². The minimum absolute atomic E-state index is 0.260. The fourth-order valence-electron chi connectivity index (χ4n) is 2.00. The van der Waals surface area contributed by atoms with Crippen molar-refractivity contribution in [2.24, 2.45) is 0 Å². The molecule has 2 rings (SSSR count). The molecule has 1 aliphatic heterocycles. The monoisotopic (exact) mass is 306 g/mol. The van der Waals surface area contributed by atoms with Crippen LogP contribution in [-0.4, -0.2) is 36.5 Å². The van der Waals surface area contributed by atoms with Gasteiger partial charge in [0.1, 0.15) is 5.75 Å². The molecule has 0 saturated carbocycles. The predicted molar refractivity (Wildman–Crippen MR) is 78.3 cm³/mol. The number of likely N-dealkylation sites (N-methyl/N-ethyl adjacent to an activating group) is 1. The van der Waals surface area contributed by atoms with Crippen LogP contribution in [0.4, 0.5) is 5.69 Å². The molecule has 0 fully saturated rings. The highest BCUT2D eigenvalue weighted by molar-refractivity contribution is 5.99. The SMILES string of the molecule is CCNC(=O)[C@@H](C)OC(=O)C[C@H]1Oc2ccccc2NC1=O. The summed E-state index contributed by atoms with van der Waals surface area (Å²) in [4.78, 5) is 35.2. The first-order chi connectivity index (χ1) is 10.5. The van der Waals surface area contributed by atoms with Crippen LogP contribution in [-0.2, 0) is 19.1 Å². The molecule has 0 aliphatic carbocycles. The number of anilines is 1.